The molecule has 1 aliphatic heterocycles. The summed E-state index contributed by atoms with van der Waals surface area (Å²) in [5, 5.41) is 15.6. The van der Waals surface area contributed by atoms with Crippen LogP contribution >= 0.6 is 0 Å². The highest BCUT2D eigenvalue weighted by Crippen LogP contribution is 2.41. The van der Waals surface area contributed by atoms with Gasteiger partial charge in [0, 0.05) is 19.2 Å². The van der Waals surface area contributed by atoms with Gasteiger partial charge in [-0.1, -0.05) is 23.3 Å². The maximum Gasteiger partial charge on any atom is 0.246 e. The first-order valence-electron chi connectivity index (χ1n) is 6.45. The Balaban J connectivity index is 1.98. The number of rotatable bonds is 2. The van der Waals surface area contributed by atoms with Gasteiger partial charge in [0.1, 0.15) is 0 Å². The average molecular weight is 286 g/mol. The molecule has 21 heavy (non-hydrogen) atoms. The van der Waals surface area contributed by atoms with Crippen molar-refractivity contribution in [1.82, 2.24) is 20.6 Å². The van der Waals surface area contributed by atoms with Crippen LogP contribution in [0, 0.1) is 0 Å². The molecule has 1 unspecified atom stereocenters. The lowest BCUT2D eigenvalue weighted by Crippen LogP contribution is -2.43. The number of fused-ring (bicyclic) bond motifs is 1. The van der Waals surface area contributed by atoms with Crippen molar-refractivity contribution in [3.63, 3.8) is 0 Å². The van der Waals surface area contributed by atoms with Crippen LogP contribution in [0.4, 0.5) is 11.6 Å². The quantitative estimate of drug-likeness (QED) is 0.834. The number of carbonyl (C=O) groups excluding carboxylic acids is 2. The molecule has 2 amide bonds. The molecule has 0 saturated heterocycles. The first-order valence-corrected chi connectivity index (χ1v) is 6.45. The molecule has 1 aliphatic rings. The molecule has 1 aromatic heterocycles. The minimum absolute atomic E-state index is 0.0969. The Hall–Kier alpha value is -2.77. The lowest BCUT2D eigenvalue weighted by atomic mass is 9.83. The third kappa shape index (κ3) is 2.04. The summed E-state index contributed by atoms with van der Waals surface area (Å²) in [6.45, 7) is 3.57. The van der Waals surface area contributed by atoms with Crippen LogP contribution in [0.3, 0.4) is 0 Å². The highest BCUT2D eigenvalue weighted by atomic mass is 16.2. The Morgan fingerprint density at radius 1 is 1.38 bits per heavy atom. The largest absolute Gasteiger partial charge is 0.311 e. The van der Waals surface area contributed by atoms with Gasteiger partial charge in [0.2, 0.25) is 17.8 Å². The summed E-state index contributed by atoms with van der Waals surface area (Å²) in [5.41, 5.74) is 0.721. The Kier molecular flexibility index (Phi) is 2.93. The SMILES string of the molecule is CC(=O)N1CC(C)(C(=O)Nc2nnn[nH]2)c2ccccc21. The average Bonchev–Trinajstić information content (AvgIpc) is 3.06. The molecule has 0 radical (unpaired) electrons. The topological polar surface area (TPSA) is 104 Å². The van der Waals surface area contributed by atoms with E-state index in [-0.39, 0.29) is 24.3 Å². The Bertz CT molecular complexity index is 698. The van der Waals surface area contributed by atoms with Crippen LogP contribution in [0.5, 0.6) is 0 Å². The van der Waals surface area contributed by atoms with E-state index >= 15 is 0 Å². The molecule has 1 atom stereocenters. The summed E-state index contributed by atoms with van der Waals surface area (Å²) in [6.07, 6.45) is 0. The number of tetrazole rings is 1. The van der Waals surface area contributed by atoms with E-state index in [0.717, 1.165) is 11.3 Å². The van der Waals surface area contributed by atoms with Gasteiger partial charge in [-0.15, -0.1) is 0 Å². The van der Waals surface area contributed by atoms with Crippen molar-refractivity contribution in [3.8, 4) is 0 Å². The van der Waals surface area contributed by atoms with E-state index in [2.05, 4.69) is 25.9 Å². The molecule has 2 aromatic rings. The van der Waals surface area contributed by atoms with Crippen LogP contribution in [0.25, 0.3) is 0 Å². The highest BCUT2D eigenvalue weighted by Gasteiger charge is 2.46. The molecular formula is C13H14N6O2. The second-order valence-electron chi connectivity index (χ2n) is 5.16. The highest BCUT2D eigenvalue weighted by molar-refractivity contribution is 6.05. The van der Waals surface area contributed by atoms with Crippen molar-refractivity contribution in [1.29, 1.82) is 0 Å². The first-order chi connectivity index (χ1) is 10.0. The van der Waals surface area contributed by atoms with Crippen LogP contribution in [0.15, 0.2) is 24.3 Å². The van der Waals surface area contributed by atoms with E-state index in [9.17, 15) is 9.59 Å². The van der Waals surface area contributed by atoms with Gasteiger partial charge in [0.05, 0.1) is 5.41 Å². The van der Waals surface area contributed by atoms with Crippen LogP contribution < -0.4 is 10.2 Å². The molecule has 0 aliphatic carbocycles. The summed E-state index contributed by atoms with van der Waals surface area (Å²) in [6, 6.07) is 7.39. The monoisotopic (exact) mass is 286 g/mol. The molecule has 1 aromatic carbocycles. The molecule has 8 nitrogen and oxygen atoms in total. The smallest absolute Gasteiger partial charge is 0.246 e. The third-order valence-electron chi connectivity index (χ3n) is 3.72. The van der Waals surface area contributed by atoms with E-state index in [1.54, 1.807) is 11.8 Å². The second-order valence-corrected chi connectivity index (χ2v) is 5.16. The van der Waals surface area contributed by atoms with Gasteiger partial charge in [-0.05, 0) is 29.0 Å². The summed E-state index contributed by atoms with van der Waals surface area (Å²) in [5.74, 6) is -0.183. The van der Waals surface area contributed by atoms with Gasteiger partial charge in [0.25, 0.3) is 0 Å². The van der Waals surface area contributed by atoms with Crippen molar-refractivity contribution in [2.24, 2.45) is 0 Å². The summed E-state index contributed by atoms with van der Waals surface area (Å²) < 4.78 is 0. The van der Waals surface area contributed by atoms with E-state index in [4.69, 9.17) is 0 Å². The molecule has 0 saturated carbocycles. The zero-order chi connectivity index (χ0) is 15.0. The summed E-state index contributed by atoms with van der Waals surface area (Å²) in [4.78, 5) is 26.0. The van der Waals surface area contributed by atoms with E-state index in [0.29, 0.717) is 0 Å². The summed E-state index contributed by atoms with van der Waals surface area (Å²) >= 11 is 0. The van der Waals surface area contributed by atoms with E-state index in [1.165, 1.54) is 6.92 Å². The second kappa shape index (κ2) is 4.65. The van der Waals surface area contributed by atoms with Gasteiger partial charge in [0.15, 0.2) is 0 Å². The van der Waals surface area contributed by atoms with Gasteiger partial charge < -0.3 is 4.90 Å². The number of nitrogens with zero attached hydrogens (tertiary/aromatic N) is 4. The fourth-order valence-corrected chi connectivity index (χ4v) is 2.59. The Labute approximate surface area is 120 Å². The minimum Gasteiger partial charge on any atom is -0.311 e. The standard InChI is InChI=1S/C13H14N6O2/c1-8(20)19-7-13(2,9-5-3-4-6-10(9)19)11(21)14-12-15-17-18-16-12/h3-6H,7H2,1-2H3,(H2,14,15,16,17,18,21). The fourth-order valence-electron chi connectivity index (χ4n) is 2.59. The number of anilines is 2. The van der Waals surface area contributed by atoms with E-state index in [1.807, 2.05) is 24.3 Å². The van der Waals surface area contributed by atoms with Crippen molar-refractivity contribution in [2.75, 3.05) is 16.8 Å². The molecular weight excluding hydrogens is 272 g/mol. The molecule has 0 bridgehead atoms. The van der Waals surface area contributed by atoms with Crippen molar-refractivity contribution in [3.05, 3.63) is 29.8 Å². The lowest BCUT2D eigenvalue weighted by Gasteiger charge is -2.23. The molecule has 0 fully saturated rings. The maximum atomic E-state index is 12.6. The number of aromatic amines is 1. The minimum atomic E-state index is -0.852. The molecule has 108 valence electrons. The number of para-hydroxylation sites is 1. The predicted octanol–water partition coefficient (Wildman–Crippen LogP) is 0.463. The normalized spacial score (nSPS) is 20.2. The van der Waals surface area contributed by atoms with Crippen LogP contribution in [-0.2, 0) is 15.0 Å². The zero-order valence-electron chi connectivity index (χ0n) is 11.6. The molecule has 0 spiro atoms. The number of hydrogen-bond acceptors (Lipinski definition) is 5. The van der Waals surface area contributed by atoms with Crippen molar-refractivity contribution >= 4 is 23.5 Å². The number of hydrogen-bond donors (Lipinski definition) is 2. The molecule has 8 heteroatoms. The van der Waals surface area contributed by atoms with Crippen LogP contribution in [0.1, 0.15) is 19.4 Å². The summed E-state index contributed by atoms with van der Waals surface area (Å²) in [7, 11) is 0. The Morgan fingerprint density at radius 3 is 2.81 bits per heavy atom. The number of amides is 2. The number of aromatic nitrogens is 4. The number of carbonyl (C=O) groups is 2. The van der Waals surface area contributed by atoms with Crippen molar-refractivity contribution < 1.29 is 9.59 Å². The number of nitrogens with one attached hydrogen (secondary N) is 2. The van der Waals surface area contributed by atoms with Crippen LogP contribution in [-0.4, -0.2) is 39.0 Å². The fraction of sp³-hybridized carbons (Fsp3) is 0.308. The van der Waals surface area contributed by atoms with Gasteiger partial charge >= 0.3 is 0 Å². The lowest BCUT2D eigenvalue weighted by molar-refractivity contribution is -0.120. The zero-order valence-corrected chi connectivity index (χ0v) is 11.6. The van der Waals surface area contributed by atoms with Crippen molar-refractivity contribution in [2.45, 2.75) is 19.3 Å². The number of benzene rings is 1. The molecule has 3 rings (SSSR count). The number of H-pyrrole nitrogens is 1. The van der Waals surface area contributed by atoms with Gasteiger partial charge in [-0.2, -0.15) is 0 Å². The van der Waals surface area contributed by atoms with Crippen LogP contribution in [0.2, 0.25) is 0 Å². The van der Waals surface area contributed by atoms with Gasteiger partial charge in [-0.25, -0.2) is 5.10 Å². The molecule has 2 N–H and O–H groups in total. The van der Waals surface area contributed by atoms with Gasteiger partial charge in [-0.3, -0.25) is 14.9 Å². The van der Waals surface area contributed by atoms with E-state index < -0.39 is 5.41 Å². The Morgan fingerprint density at radius 2 is 2.14 bits per heavy atom. The predicted molar refractivity (Wildman–Crippen MR) is 74.6 cm³/mol. The molecule has 2 heterocycles. The first kappa shape index (κ1) is 13.2. The maximum absolute atomic E-state index is 12.6. The third-order valence-corrected chi connectivity index (χ3v) is 3.72.